The van der Waals surface area contributed by atoms with E-state index in [0.717, 1.165) is 31.5 Å². The maximum absolute atomic E-state index is 6.19. The van der Waals surface area contributed by atoms with Crippen LogP contribution >= 0.6 is 23.2 Å². The Morgan fingerprint density at radius 2 is 1.89 bits per heavy atom. The molecule has 0 aliphatic carbocycles. The van der Waals surface area contributed by atoms with Crippen LogP contribution in [0.25, 0.3) is 0 Å². The van der Waals surface area contributed by atoms with Gasteiger partial charge in [-0.05, 0) is 49.4 Å². The predicted molar refractivity (Wildman–Crippen MR) is 81.7 cm³/mol. The van der Waals surface area contributed by atoms with Gasteiger partial charge >= 0.3 is 0 Å². The van der Waals surface area contributed by atoms with E-state index < -0.39 is 0 Å². The lowest BCUT2D eigenvalue weighted by Gasteiger charge is -2.14. The number of nitrogens with one attached hydrogen (secondary N) is 1. The number of benzene rings is 1. The van der Waals surface area contributed by atoms with Crippen molar-refractivity contribution in [2.24, 2.45) is 11.8 Å². The number of hydrogen-bond acceptors (Lipinski definition) is 1. The summed E-state index contributed by atoms with van der Waals surface area (Å²) in [5.74, 6) is 1.32. The highest BCUT2D eigenvalue weighted by atomic mass is 35.5. The van der Waals surface area contributed by atoms with Crippen molar-refractivity contribution in [2.45, 2.75) is 33.6 Å². The second kappa shape index (κ2) is 8.04. The van der Waals surface area contributed by atoms with Crippen LogP contribution in [0.1, 0.15) is 32.8 Å². The Labute approximate surface area is 121 Å². The molecule has 0 saturated carbocycles. The van der Waals surface area contributed by atoms with Gasteiger partial charge in [-0.3, -0.25) is 0 Å². The van der Waals surface area contributed by atoms with Gasteiger partial charge in [0.25, 0.3) is 0 Å². The molecule has 0 radical (unpaired) electrons. The lowest BCUT2D eigenvalue weighted by molar-refractivity contribution is 0.474. The summed E-state index contributed by atoms with van der Waals surface area (Å²) in [5, 5.41) is 4.83. The van der Waals surface area contributed by atoms with Crippen LogP contribution in [0.5, 0.6) is 0 Å². The summed E-state index contributed by atoms with van der Waals surface area (Å²) in [6.07, 6.45) is 2.15. The first kappa shape index (κ1) is 15.8. The van der Waals surface area contributed by atoms with Crippen LogP contribution in [0.15, 0.2) is 18.2 Å². The highest BCUT2D eigenvalue weighted by Crippen LogP contribution is 2.27. The monoisotopic (exact) mass is 287 g/mol. The van der Waals surface area contributed by atoms with Crippen LogP contribution in [0.3, 0.4) is 0 Å². The zero-order valence-electron chi connectivity index (χ0n) is 11.5. The Morgan fingerprint density at radius 1 is 1.17 bits per heavy atom. The Morgan fingerprint density at radius 3 is 2.56 bits per heavy atom. The fourth-order valence-electron chi connectivity index (χ4n) is 1.92. The fraction of sp³-hybridized carbons (Fsp3) is 0.600. The second-order valence-electron chi connectivity index (χ2n) is 5.41. The van der Waals surface area contributed by atoms with E-state index in [1.54, 1.807) is 0 Å². The van der Waals surface area contributed by atoms with E-state index in [9.17, 15) is 0 Å². The minimum absolute atomic E-state index is 0.612. The molecular weight excluding hydrogens is 265 g/mol. The van der Waals surface area contributed by atoms with Crippen LogP contribution < -0.4 is 5.32 Å². The number of rotatable bonds is 7. The van der Waals surface area contributed by atoms with Crippen molar-refractivity contribution in [2.75, 3.05) is 13.1 Å². The maximum Gasteiger partial charge on any atom is 0.0624 e. The summed E-state index contributed by atoms with van der Waals surface area (Å²) >= 11 is 12.2. The van der Waals surface area contributed by atoms with Crippen LogP contribution in [0.2, 0.25) is 10.0 Å². The highest BCUT2D eigenvalue weighted by Gasteiger charge is 2.09. The van der Waals surface area contributed by atoms with Gasteiger partial charge in [-0.25, -0.2) is 0 Å². The van der Waals surface area contributed by atoms with E-state index in [-0.39, 0.29) is 0 Å². The van der Waals surface area contributed by atoms with Gasteiger partial charge in [-0.15, -0.1) is 0 Å². The van der Waals surface area contributed by atoms with Gasteiger partial charge in [-0.2, -0.15) is 0 Å². The molecule has 18 heavy (non-hydrogen) atoms. The van der Waals surface area contributed by atoms with Gasteiger partial charge in [0.05, 0.1) is 10.0 Å². The lowest BCUT2D eigenvalue weighted by atomic mass is 9.98. The zero-order chi connectivity index (χ0) is 13.5. The molecule has 1 atom stereocenters. The Hall–Kier alpha value is -0.240. The summed E-state index contributed by atoms with van der Waals surface area (Å²) in [6, 6.07) is 5.86. The normalized spacial score (nSPS) is 13.0. The molecule has 1 rings (SSSR count). The molecule has 0 amide bonds. The van der Waals surface area contributed by atoms with Gasteiger partial charge in [0, 0.05) is 0 Å². The molecule has 3 heteroatoms. The van der Waals surface area contributed by atoms with Gasteiger partial charge in [0.2, 0.25) is 0 Å². The maximum atomic E-state index is 6.19. The molecule has 0 aliphatic rings. The van der Waals surface area contributed by atoms with E-state index in [0.29, 0.717) is 21.9 Å². The molecule has 1 aromatic carbocycles. The average Bonchev–Trinajstić information content (AvgIpc) is 2.30. The predicted octanol–water partition coefficient (Wildman–Crippen LogP) is 4.81. The molecule has 102 valence electrons. The molecule has 0 aromatic heterocycles. The third kappa shape index (κ3) is 5.60. The summed E-state index contributed by atoms with van der Waals surface area (Å²) in [4.78, 5) is 0. The van der Waals surface area contributed by atoms with E-state index in [4.69, 9.17) is 23.2 Å². The van der Waals surface area contributed by atoms with Gasteiger partial charge in [0.1, 0.15) is 0 Å². The molecule has 0 fully saturated rings. The first-order valence-electron chi connectivity index (χ1n) is 6.64. The SMILES string of the molecule is CC(C)CNCCC(C)Cc1cccc(Cl)c1Cl. The van der Waals surface area contributed by atoms with Crippen molar-refractivity contribution in [1.82, 2.24) is 5.32 Å². The number of halogens is 2. The summed E-state index contributed by atoms with van der Waals surface area (Å²) in [5.41, 5.74) is 1.15. The largest absolute Gasteiger partial charge is 0.316 e. The Kier molecular flexibility index (Phi) is 7.06. The van der Waals surface area contributed by atoms with Crippen LogP contribution in [0, 0.1) is 11.8 Å². The molecular formula is C15H23Cl2N. The van der Waals surface area contributed by atoms with Gasteiger partial charge in [-0.1, -0.05) is 56.1 Å². The summed E-state index contributed by atoms with van der Waals surface area (Å²) in [7, 11) is 0. The van der Waals surface area contributed by atoms with Gasteiger partial charge in [0.15, 0.2) is 0 Å². The van der Waals surface area contributed by atoms with Crippen LogP contribution in [0.4, 0.5) is 0 Å². The average molecular weight is 288 g/mol. The van der Waals surface area contributed by atoms with Crippen LogP contribution in [-0.2, 0) is 6.42 Å². The van der Waals surface area contributed by atoms with Crippen molar-refractivity contribution in [3.8, 4) is 0 Å². The van der Waals surface area contributed by atoms with Crippen molar-refractivity contribution < 1.29 is 0 Å². The lowest BCUT2D eigenvalue weighted by Crippen LogP contribution is -2.22. The zero-order valence-corrected chi connectivity index (χ0v) is 13.0. The van der Waals surface area contributed by atoms with E-state index >= 15 is 0 Å². The molecule has 0 saturated heterocycles. The molecule has 0 heterocycles. The molecule has 0 spiro atoms. The first-order chi connectivity index (χ1) is 8.50. The fourth-order valence-corrected chi connectivity index (χ4v) is 2.32. The van der Waals surface area contributed by atoms with Crippen molar-refractivity contribution >= 4 is 23.2 Å². The topological polar surface area (TPSA) is 12.0 Å². The third-order valence-corrected chi connectivity index (χ3v) is 3.82. The standard InChI is InChI=1S/C15H23Cl2N/c1-11(2)10-18-8-7-12(3)9-13-5-4-6-14(16)15(13)17/h4-6,11-12,18H,7-10H2,1-3H3. The molecule has 1 nitrogen and oxygen atoms in total. The van der Waals surface area contributed by atoms with Crippen molar-refractivity contribution in [3.05, 3.63) is 33.8 Å². The minimum Gasteiger partial charge on any atom is -0.316 e. The van der Waals surface area contributed by atoms with E-state index in [1.807, 2.05) is 12.1 Å². The third-order valence-electron chi connectivity index (χ3n) is 2.97. The van der Waals surface area contributed by atoms with E-state index in [2.05, 4.69) is 32.2 Å². The Bertz CT molecular complexity index is 364. The minimum atomic E-state index is 0.612. The van der Waals surface area contributed by atoms with Gasteiger partial charge < -0.3 is 5.32 Å². The Balaban J connectivity index is 2.35. The molecule has 1 unspecified atom stereocenters. The molecule has 0 aliphatic heterocycles. The van der Waals surface area contributed by atoms with Crippen LogP contribution in [-0.4, -0.2) is 13.1 Å². The van der Waals surface area contributed by atoms with Crippen molar-refractivity contribution in [1.29, 1.82) is 0 Å². The molecule has 0 bridgehead atoms. The summed E-state index contributed by atoms with van der Waals surface area (Å²) < 4.78 is 0. The molecule has 1 aromatic rings. The first-order valence-corrected chi connectivity index (χ1v) is 7.40. The smallest absolute Gasteiger partial charge is 0.0624 e. The highest BCUT2D eigenvalue weighted by molar-refractivity contribution is 6.42. The summed E-state index contributed by atoms with van der Waals surface area (Å²) in [6.45, 7) is 8.86. The second-order valence-corrected chi connectivity index (χ2v) is 6.19. The van der Waals surface area contributed by atoms with E-state index in [1.165, 1.54) is 0 Å². The number of hydrogen-bond donors (Lipinski definition) is 1. The molecule has 1 N–H and O–H groups in total. The van der Waals surface area contributed by atoms with Crippen molar-refractivity contribution in [3.63, 3.8) is 0 Å². The quantitative estimate of drug-likeness (QED) is 0.710.